The van der Waals surface area contributed by atoms with Gasteiger partial charge in [-0.15, -0.1) is 0 Å². The van der Waals surface area contributed by atoms with Crippen molar-refractivity contribution in [3.8, 4) is 11.3 Å². The minimum Gasteiger partial charge on any atom is -0.356 e. The van der Waals surface area contributed by atoms with Crippen LogP contribution in [0.3, 0.4) is 0 Å². The van der Waals surface area contributed by atoms with Crippen molar-refractivity contribution >= 4 is 10.8 Å². The number of aromatic nitrogens is 1. The van der Waals surface area contributed by atoms with Crippen LogP contribution in [0.25, 0.3) is 22.1 Å². The first-order chi connectivity index (χ1) is 10.0. The number of fused-ring (bicyclic) bond motifs is 1. The van der Waals surface area contributed by atoms with Crippen LogP contribution in [0.4, 0.5) is 0 Å². The van der Waals surface area contributed by atoms with Crippen LogP contribution in [-0.4, -0.2) is 10.7 Å². The van der Waals surface area contributed by atoms with Gasteiger partial charge in [0, 0.05) is 23.2 Å². The summed E-state index contributed by atoms with van der Waals surface area (Å²) in [5, 5.41) is 9.88. The Hall–Kier alpha value is -2.13. The minimum absolute atomic E-state index is 0.0674. The second-order valence-electron chi connectivity index (χ2n) is 6.35. The molecule has 0 amide bonds. The third-order valence-electron chi connectivity index (χ3n) is 3.47. The average molecular weight is 280 g/mol. The summed E-state index contributed by atoms with van der Waals surface area (Å²) in [5.41, 5.74) is 2.22. The topological polar surface area (TPSA) is 38.1 Å². The molecule has 1 N–H and O–H groups in total. The molecule has 0 saturated carbocycles. The van der Waals surface area contributed by atoms with E-state index < -0.39 is 0 Å². The number of benzene rings is 2. The van der Waals surface area contributed by atoms with Gasteiger partial charge >= 0.3 is 0 Å². The molecule has 0 aliphatic rings. The van der Waals surface area contributed by atoms with Gasteiger partial charge in [-0.25, -0.2) is 0 Å². The molecule has 0 fully saturated rings. The lowest BCUT2D eigenvalue weighted by Crippen LogP contribution is -2.35. The summed E-state index contributed by atoms with van der Waals surface area (Å²) < 4.78 is 5.47. The largest absolute Gasteiger partial charge is 0.356 e. The second-order valence-corrected chi connectivity index (χ2v) is 6.35. The van der Waals surface area contributed by atoms with Crippen molar-refractivity contribution in [2.75, 3.05) is 0 Å². The van der Waals surface area contributed by atoms with Crippen LogP contribution in [0.15, 0.2) is 53.2 Å². The maximum atomic E-state index is 5.47. The lowest BCUT2D eigenvalue weighted by Gasteiger charge is -2.20. The van der Waals surface area contributed by atoms with E-state index >= 15 is 0 Å². The summed E-state index contributed by atoms with van der Waals surface area (Å²) >= 11 is 0. The molecule has 0 aliphatic heterocycles. The fourth-order valence-corrected chi connectivity index (χ4v) is 2.31. The van der Waals surface area contributed by atoms with E-state index in [-0.39, 0.29) is 5.54 Å². The van der Waals surface area contributed by atoms with Crippen molar-refractivity contribution in [3.63, 3.8) is 0 Å². The lowest BCUT2D eigenvalue weighted by atomic mass is 10.0. The van der Waals surface area contributed by atoms with Gasteiger partial charge in [0.25, 0.3) is 0 Å². The summed E-state index contributed by atoms with van der Waals surface area (Å²) in [6.07, 6.45) is 1.79. The van der Waals surface area contributed by atoms with Crippen LogP contribution < -0.4 is 5.32 Å². The summed E-state index contributed by atoms with van der Waals surface area (Å²) in [7, 11) is 0. The van der Waals surface area contributed by atoms with Gasteiger partial charge in [-0.3, -0.25) is 0 Å². The summed E-state index contributed by atoms with van der Waals surface area (Å²) in [5.74, 6) is 0.845. The Morgan fingerprint density at radius 1 is 1.05 bits per heavy atom. The third kappa shape index (κ3) is 3.14. The Bertz CT molecular complexity index is 753. The normalized spacial score (nSPS) is 12.0. The smallest absolute Gasteiger partial charge is 0.171 e. The van der Waals surface area contributed by atoms with E-state index in [4.69, 9.17) is 4.52 Å². The van der Waals surface area contributed by atoms with Crippen LogP contribution in [0.2, 0.25) is 0 Å². The third-order valence-corrected chi connectivity index (χ3v) is 3.47. The Balaban J connectivity index is 1.94. The molecular formula is C18H20N2O. The highest BCUT2D eigenvalue weighted by molar-refractivity contribution is 5.86. The standard InChI is InChI=1S/C18H20N2O/c1-18(2,3)19-11-16-12-20-21-17(16)15-9-8-13-6-4-5-7-14(13)10-15/h4-10,12,19H,11H2,1-3H3. The maximum absolute atomic E-state index is 5.47. The van der Waals surface area contributed by atoms with Crippen LogP contribution in [0.5, 0.6) is 0 Å². The van der Waals surface area contributed by atoms with Crippen molar-refractivity contribution in [2.45, 2.75) is 32.9 Å². The summed E-state index contributed by atoms with van der Waals surface area (Å²) in [6, 6.07) is 14.7. The Kier molecular flexibility index (Phi) is 3.52. The summed E-state index contributed by atoms with van der Waals surface area (Å²) in [6.45, 7) is 7.19. The van der Waals surface area contributed by atoms with Crippen LogP contribution in [0, 0.1) is 0 Å². The molecule has 3 heteroatoms. The predicted octanol–water partition coefficient (Wildman–Crippen LogP) is 4.38. The molecule has 0 radical (unpaired) electrons. The van der Waals surface area contributed by atoms with Gasteiger partial charge in [0.1, 0.15) is 0 Å². The van der Waals surface area contributed by atoms with Crippen LogP contribution in [0.1, 0.15) is 26.3 Å². The molecule has 1 aromatic heterocycles. The Labute approximate surface area is 125 Å². The maximum Gasteiger partial charge on any atom is 0.171 e. The molecule has 0 bridgehead atoms. The van der Waals surface area contributed by atoms with Crippen molar-refractivity contribution in [3.05, 3.63) is 54.2 Å². The van der Waals surface area contributed by atoms with Gasteiger partial charge in [0.05, 0.1) is 6.20 Å². The molecule has 0 unspecified atom stereocenters. The number of rotatable bonds is 3. The molecule has 0 saturated heterocycles. The van der Waals surface area contributed by atoms with Crippen molar-refractivity contribution in [1.82, 2.24) is 10.5 Å². The lowest BCUT2D eigenvalue weighted by molar-refractivity contribution is 0.418. The van der Waals surface area contributed by atoms with E-state index in [0.717, 1.165) is 23.4 Å². The first-order valence-electron chi connectivity index (χ1n) is 7.21. The van der Waals surface area contributed by atoms with Gasteiger partial charge < -0.3 is 9.84 Å². The Morgan fingerprint density at radius 3 is 2.57 bits per heavy atom. The Morgan fingerprint density at radius 2 is 1.81 bits per heavy atom. The van der Waals surface area contributed by atoms with E-state index in [2.05, 4.69) is 73.7 Å². The average Bonchev–Trinajstić information content (AvgIpc) is 2.92. The highest BCUT2D eigenvalue weighted by Gasteiger charge is 2.14. The highest BCUT2D eigenvalue weighted by Crippen LogP contribution is 2.27. The molecule has 3 rings (SSSR count). The molecular weight excluding hydrogens is 260 g/mol. The molecule has 2 aromatic carbocycles. The van der Waals surface area contributed by atoms with Gasteiger partial charge in [0.2, 0.25) is 0 Å². The first kappa shape index (κ1) is 13.8. The quantitative estimate of drug-likeness (QED) is 0.773. The molecule has 3 aromatic rings. The monoisotopic (exact) mass is 280 g/mol. The zero-order chi connectivity index (χ0) is 14.9. The van der Waals surface area contributed by atoms with E-state index in [1.54, 1.807) is 6.20 Å². The van der Waals surface area contributed by atoms with Gasteiger partial charge in [-0.05, 0) is 37.6 Å². The fraction of sp³-hybridized carbons (Fsp3) is 0.278. The number of hydrogen-bond donors (Lipinski definition) is 1. The number of hydrogen-bond acceptors (Lipinski definition) is 3. The van der Waals surface area contributed by atoms with E-state index in [1.807, 2.05) is 0 Å². The predicted molar refractivity (Wildman–Crippen MR) is 86.0 cm³/mol. The molecule has 0 atom stereocenters. The minimum atomic E-state index is 0.0674. The van der Waals surface area contributed by atoms with Gasteiger partial charge in [-0.2, -0.15) is 0 Å². The van der Waals surface area contributed by atoms with E-state index in [0.29, 0.717) is 0 Å². The van der Waals surface area contributed by atoms with Crippen LogP contribution in [-0.2, 0) is 6.54 Å². The molecule has 108 valence electrons. The molecule has 3 nitrogen and oxygen atoms in total. The number of nitrogens with one attached hydrogen (secondary N) is 1. The van der Waals surface area contributed by atoms with Crippen molar-refractivity contribution in [1.29, 1.82) is 0 Å². The number of nitrogens with zero attached hydrogens (tertiary/aromatic N) is 1. The molecule has 0 aliphatic carbocycles. The van der Waals surface area contributed by atoms with Crippen LogP contribution >= 0.6 is 0 Å². The zero-order valence-electron chi connectivity index (χ0n) is 12.7. The fourth-order valence-electron chi connectivity index (χ4n) is 2.31. The second kappa shape index (κ2) is 5.34. The summed E-state index contributed by atoms with van der Waals surface area (Å²) in [4.78, 5) is 0. The SMILES string of the molecule is CC(C)(C)NCc1cnoc1-c1ccc2ccccc2c1. The highest BCUT2D eigenvalue weighted by atomic mass is 16.5. The van der Waals surface area contributed by atoms with Crippen molar-refractivity contribution < 1.29 is 4.52 Å². The molecule has 1 heterocycles. The van der Waals surface area contributed by atoms with Gasteiger partial charge in [0.15, 0.2) is 5.76 Å². The molecule has 0 spiro atoms. The molecule has 21 heavy (non-hydrogen) atoms. The van der Waals surface area contributed by atoms with Crippen molar-refractivity contribution in [2.24, 2.45) is 0 Å². The van der Waals surface area contributed by atoms with E-state index in [9.17, 15) is 0 Å². The first-order valence-corrected chi connectivity index (χ1v) is 7.21. The van der Waals surface area contributed by atoms with Gasteiger partial charge in [-0.1, -0.05) is 41.6 Å². The van der Waals surface area contributed by atoms with E-state index in [1.165, 1.54) is 10.8 Å². The zero-order valence-corrected chi connectivity index (χ0v) is 12.7.